The van der Waals surface area contributed by atoms with Gasteiger partial charge < -0.3 is 0 Å². The maximum atomic E-state index is 5.51. The average Bonchev–Trinajstić information content (AvgIpc) is 2.46. The molecule has 1 nitrogen and oxygen atoms in total. The SMILES string of the molecule is CC1CCc2cc(SN)sc2S1. The van der Waals surface area contributed by atoms with Crippen molar-refractivity contribution in [2.45, 2.75) is 33.4 Å². The minimum absolute atomic E-state index is 0.784. The van der Waals surface area contributed by atoms with Gasteiger partial charge in [0.1, 0.15) is 0 Å². The molecular weight excluding hydrogens is 206 g/mol. The van der Waals surface area contributed by atoms with E-state index in [1.807, 2.05) is 23.1 Å². The van der Waals surface area contributed by atoms with Gasteiger partial charge in [-0.2, -0.15) is 0 Å². The molecule has 12 heavy (non-hydrogen) atoms. The van der Waals surface area contributed by atoms with Crippen molar-refractivity contribution in [1.29, 1.82) is 0 Å². The van der Waals surface area contributed by atoms with E-state index in [9.17, 15) is 0 Å². The number of thioether (sulfide) groups is 1. The van der Waals surface area contributed by atoms with Gasteiger partial charge in [0.25, 0.3) is 0 Å². The van der Waals surface area contributed by atoms with E-state index in [4.69, 9.17) is 5.14 Å². The Labute approximate surface area is 85.2 Å². The number of rotatable bonds is 1. The Morgan fingerprint density at radius 2 is 2.50 bits per heavy atom. The Bertz CT molecular complexity index is 282. The molecule has 0 aromatic carbocycles. The lowest BCUT2D eigenvalue weighted by molar-refractivity contribution is 0.788. The highest BCUT2D eigenvalue weighted by molar-refractivity contribution is 8.03. The third-order valence-corrected chi connectivity index (χ3v) is 5.30. The van der Waals surface area contributed by atoms with E-state index < -0.39 is 0 Å². The number of nitrogens with two attached hydrogens (primary N) is 1. The molecule has 2 N–H and O–H groups in total. The van der Waals surface area contributed by atoms with Crippen molar-refractivity contribution in [3.05, 3.63) is 11.6 Å². The number of hydrogen-bond donors (Lipinski definition) is 1. The highest BCUT2D eigenvalue weighted by Gasteiger charge is 2.18. The Kier molecular flexibility index (Phi) is 2.69. The van der Waals surface area contributed by atoms with Gasteiger partial charge in [-0.05, 0) is 36.4 Å². The van der Waals surface area contributed by atoms with E-state index in [1.165, 1.54) is 38.8 Å². The molecule has 1 aliphatic rings. The molecule has 1 atom stereocenters. The summed E-state index contributed by atoms with van der Waals surface area (Å²) in [5, 5.41) is 6.30. The fourth-order valence-electron chi connectivity index (χ4n) is 1.32. The van der Waals surface area contributed by atoms with Crippen molar-refractivity contribution in [3.63, 3.8) is 0 Å². The molecule has 0 fully saturated rings. The lowest BCUT2D eigenvalue weighted by Crippen LogP contribution is -2.03. The molecular formula is C8H11NS3. The van der Waals surface area contributed by atoms with Crippen molar-refractivity contribution in [1.82, 2.24) is 0 Å². The highest BCUT2D eigenvalue weighted by Crippen LogP contribution is 2.42. The van der Waals surface area contributed by atoms with Gasteiger partial charge >= 0.3 is 0 Å². The average molecular weight is 217 g/mol. The Balaban J connectivity index is 2.28. The van der Waals surface area contributed by atoms with Gasteiger partial charge in [0, 0.05) is 5.25 Å². The summed E-state index contributed by atoms with van der Waals surface area (Å²) >= 11 is 5.21. The number of fused-ring (bicyclic) bond motifs is 1. The summed E-state index contributed by atoms with van der Waals surface area (Å²) in [6, 6.07) is 2.24. The number of thiophene rings is 1. The Hall–Kier alpha value is 0.360. The summed E-state index contributed by atoms with van der Waals surface area (Å²) in [7, 11) is 0. The van der Waals surface area contributed by atoms with E-state index in [1.54, 1.807) is 0 Å². The minimum Gasteiger partial charge on any atom is -0.273 e. The van der Waals surface area contributed by atoms with Crippen molar-refractivity contribution >= 4 is 35.0 Å². The van der Waals surface area contributed by atoms with E-state index in [-0.39, 0.29) is 0 Å². The van der Waals surface area contributed by atoms with E-state index in [0.29, 0.717) is 0 Å². The molecule has 0 aliphatic carbocycles. The van der Waals surface area contributed by atoms with Crippen molar-refractivity contribution in [3.8, 4) is 0 Å². The molecule has 0 amide bonds. The molecule has 0 saturated heterocycles. The molecule has 4 heteroatoms. The first-order valence-corrected chi connectivity index (χ1v) is 6.53. The topological polar surface area (TPSA) is 26.0 Å². The largest absolute Gasteiger partial charge is 0.273 e. The van der Waals surface area contributed by atoms with E-state index >= 15 is 0 Å². The van der Waals surface area contributed by atoms with Crippen LogP contribution in [0.2, 0.25) is 0 Å². The monoisotopic (exact) mass is 217 g/mol. The Morgan fingerprint density at radius 1 is 1.67 bits per heavy atom. The maximum absolute atomic E-state index is 5.51. The fourth-order valence-corrected chi connectivity index (χ4v) is 4.68. The van der Waals surface area contributed by atoms with Crippen LogP contribution in [0, 0.1) is 0 Å². The molecule has 1 aliphatic heterocycles. The second kappa shape index (κ2) is 3.62. The van der Waals surface area contributed by atoms with E-state index in [2.05, 4.69) is 13.0 Å². The van der Waals surface area contributed by atoms with Crippen LogP contribution in [0.15, 0.2) is 14.5 Å². The molecule has 1 aromatic rings. The normalized spacial score (nSPS) is 22.3. The summed E-state index contributed by atoms with van der Waals surface area (Å²) in [4.78, 5) is 0. The standard InChI is InChI=1S/C8H11NS3/c1-5-2-3-6-4-7(12-9)11-8(6)10-5/h4-5H,2-3,9H2,1H3. The van der Waals surface area contributed by atoms with Crippen LogP contribution in [-0.4, -0.2) is 5.25 Å². The first kappa shape index (κ1) is 8.94. The van der Waals surface area contributed by atoms with Crippen LogP contribution in [0.5, 0.6) is 0 Å². The highest BCUT2D eigenvalue weighted by atomic mass is 32.2. The van der Waals surface area contributed by atoms with Crippen molar-refractivity contribution in [2.75, 3.05) is 0 Å². The van der Waals surface area contributed by atoms with Crippen LogP contribution in [0.25, 0.3) is 0 Å². The summed E-state index contributed by atoms with van der Waals surface area (Å²) in [5.74, 6) is 0. The predicted molar refractivity (Wildman–Crippen MR) is 58.0 cm³/mol. The second-order valence-electron chi connectivity index (χ2n) is 2.96. The zero-order valence-corrected chi connectivity index (χ0v) is 9.32. The third-order valence-electron chi connectivity index (χ3n) is 1.99. The quantitative estimate of drug-likeness (QED) is 0.732. The lowest BCUT2D eigenvalue weighted by Gasteiger charge is -2.16. The summed E-state index contributed by atoms with van der Waals surface area (Å²) in [6.45, 7) is 2.29. The summed E-state index contributed by atoms with van der Waals surface area (Å²) in [5.41, 5.74) is 1.51. The molecule has 1 aromatic heterocycles. The van der Waals surface area contributed by atoms with Crippen molar-refractivity contribution in [2.24, 2.45) is 5.14 Å². The smallest absolute Gasteiger partial charge is 0.0763 e. The lowest BCUT2D eigenvalue weighted by atomic mass is 10.1. The molecule has 2 heterocycles. The van der Waals surface area contributed by atoms with Gasteiger partial charge in [0.05, 0.1) is 8.42 Å². The first-order chi connectivity index (χ1) is 5.79. The molecule has 1 unspecified atom stereocenters. The van der Waals surface area contributed by atoms with Gasteiger partial charge in [-0.3, -0.25) is 5.14 Å². The van der Waals surface area contributed by atoms with Gasteiger partial charge in [0.15, 0.2) is 0 Å². The molecule has 66 valence electrons. The van der Waals surface area contributed by atoms with E-state index in [0.717, 1.165) is 5.25 Å². The molecule has 0 saturated carbocycles. The molecule has 0 spiro atoms. The van der Waals surface area contributed by atoms with Gasteiger partial charge in [-0.15, -0.1) is 23.1 Å². The van der Waals surface area contributed by atoms with Crippen LogP contribution in [0.3, 0.4) is 0 Å². The van der Waals surface area contributed by atoms with Crippen LogP contribution in [-0.2, 0) is 6.42 Å². The molecule has 0 bridgehead atoms. The third kappa shape index (κ3) is 1.66. The van der Waals surface area contributed by atoms with Crippen LogP contribution >= 0.6 is 35.0 Å². The molecule has 0 radical (unpaired) electrons. The number of hydrogen-bond acceptors (Lipinski definition) is 4. The van der Waals surface area contributed by atoms with Crippen LogP contribution in [0.1, 0.15) is 18.9 Å². The van der Waals surface area contributed by atoms with Gasteiger partial charge in [-0.1, -0.05) is 6.92 Å². The van der Waals surface area contributed by atoms with Gasteiger partial charge in [0.2, 0.25) is 0 Å². The molecule has 2 rings (SSSR count). The van der Waals surface area contributed by atoms with Crippen LogP contribution < -0.4 is 5.14 Å². The summed E-state index contributed by atoms with van der Waals surface area (Å²) < 4.78 is 2.74. The number of aryl methyl sites for hydroxylation is 1. The maximum Gasteiger partial charge on any atom is 0.0763 e. The zero-order valence-electron chi connectivity index (χ0n) is 6.87. The van der Waals surface area contributed by atoms with Crippen molar-refractivity contribution < 1.29 is 0 Å². The predicted octanol–water partition coefficient (Wildman–Crippen LogP) is 3.14. The second-order valence-corrected chi connectivity index (χ2v) is 6.66. The first-order valence-electron chi connectivity index (χ1n) is 3.95. The minimum atomic E-state index is 0.784. The Morgan fingerprint density at radius 3 is 3.25 bits per heavy atom. The summed E-state index contributed by atoms with van der Waals surface area (Å²) in [6.07, 6.45) is 2.55. The van der Waals surface area contributed by atoms with Gasteiger partial charge in [-0.25, -0.2) is 0 Å². The van der Waals surface area contributed by atoms with Crippen LogP contribution in [0.4, 0.5) is 0 Å². The zero-order chi connectivity index (χ0) is 8.55. The fraction of sp³-hybridized carbons (Fsp3) is 0.500.